The zero-order valence-electron chi connectivity index (χ0n) is 11.3. The second kappa shape index (κ2) is 5.81. The minimum atomic E-state index is 0. The van der Waals surface area contributed by atoms with Gasteiger partial charge in [-0.1, -0.05) is 42.5 Å². The summed E-state index contributed by atoms with van der Waals surface area (Å²) in [5.74, 6) is 0. The Bertz CT molecular complexity index is 904. The summed E-state index contributed by atoms with van der Waals surface area (Å²) in [7, 11) is 0. The Hall–Kier alpha value is -1.95. The van der Waals surface area contributed by atoms with Gasteiger partial charge in [0.2, 0.25) is 0 Å². The minimum Gasteiger partial charge on any atom is -0.225 e. The molecule has 1 radical (unpaired) electrons. The summed E-state index contributed by atoms with van der Waals surface area (Å²) in [5, 5.41) is 4.92. The molecular weight excluding hydrogens is 432 g/mol. The number of hydrogen-bond donors (Lipinski definition) is 0. The molecule has 4 aromatic carbocycles. The molecule has 0 saturated heterocycles. The quantitative estimate of drug-likeness (QED) is 0.352. The van der Waals surface area contributed by atoms with Crippen LogP contribution in [-0.2, 0) is 20.1 Å². The molecule has 0 amide bonds. The van der Waals surface area contributed by atoms with Crippen LogP contribution in [0.2, 0.25) is 0 Å². The first kappa shape index (κ1) is 14.0. The van der Waals surface area contributed by atoms with Gasteiger partial charge in [0.05, 0.1) is 0 Å². The molecule has 4 rings (SSSR count). The van der Waals surface area contributed by atoms with Gasteiger partial charge in [-0.15, -0.1) is 39.7 Å². The molecular formula is C20H12Ir-2. The van der Waals surface area contributed by atoms with E-state index in [1.807, 2.05) is 6.07 Å². The summed E-state index contributed by atoms with van der Waals surface area (Å²) in [6, 6.07) is 31.9. The zero-order valence-corrected chi connectivity index (χ0v) is 13.7. The molecule has 4 aromatic rings. The molecule has 0 spiro atoms. The predicted octanol–water partition coefficient (Wildman–Crippen LogP) is 5.26. The molecule has 0 aliphatic carbocycles. The van der Waals surface area contributed by atoms with E-state index in [4.69, 9.17) is 0 Å². The van der Waals surface area contributed by atoms with Crippen molar-refractivity contribution in [1.29, 1.82) is 0 Å². The van der Waals surface area contributed by atoms with Crippen molar-refractivity contribution < 1.29 is 20.1 Å². The molecule has 0 saturated carbocycles. The van der Waals surface area contributed by atoms with Gasteiger partial charge in [0.15, 0.2) is 0 Å². The van der Waals surface area contributed by atoms with Crippen molar-refractivity contribution in [2.24, 2.45) is 0 Å². The molecule has 0 aliphatic rings. The molecule has 1 heteroatoms. The smallest absolute Gasteiger partial charge is 0 e. The fourth-order valence-corrected chi connectivity index (χ4v) is 2.66. The molecule has 0 bridgehead atoms. The third-order valence-electron chi connectivity index (χ3n) is 3.67. The molecule has 0 aromatic heterocycles. The SMILES string of the molecule is [Ir].[c-]1cc2ccccc2cc1-c1[c-]ccc2ccccc12. The van der Waals surface area contributed by atoms with Gasteiger partial charge < -0.3 is 0 Å². The average molecular weight is 445 g/mol. The first-order valence-corrected chi connectivity index (χ1v) is 6.72. The molecule has 0 unspecified atom stereocenters. The Morgan fingerprint density at radius 2 is 1.38 bits per heavy atom. The van der Waals surface area contributed by atoms with E-state index in [0.717, 1.165) is 11.1 Å². The van der Waals surface area contributed by atoms with Gasteiger partial charge in [-0.2, -0.15) is 24.3 Å². The van der Waals surface area contributed by atoms with Gasteiger partial charge in [-0.05, 0) is 0 Å². The second-order valence-electron chi connectivity index (χ2n) is 4.92. The van der Waals surface area contributed by atoms with Crippen LogP contribution in [0.4, 0.5) is 0 Å². The van der Waals surface area contributed by atoms with Crippen molar-refractivity contribution >= 4 is 21.5 Å². The molecule has 0 N–H and O–H groups in total. The van der Waals surface area contributed by atoms with Gasteiger partial charge in [0, 0.05) is 20.1 Å². The van der Waals surface area contributed by atoms with Crippen LogP contribution in [0.1, 0.15) is 0 Å². The Balaban J connectivity index is 0.00000132. The third kappa shape index (κ3) is 2.51. The standard InChI is InChI=1S/C20H12.Ir/c1-2-8-17-14-18(13-12-15(17)6-1)20-11-5-9-16-7-3-4-10-19(16)20;/h1-10,12,14H;/q-2;. The van der Waals surface area contributed by atoms with Crippen LogP contribution in [0.5, 0.6) is 0 Å². The Labute approximate surface area is 137 Å². The van der Waals surface area contributed by atoms with Crippen LogP contribution in [0.3, 0.4) is 0 Å². The Morgan fingerprint density at radius 3 is 2.24 bits per heavy atom. The summed E-state index contributed by atoms with van der Waals surface area (Å²) in [4.78, 5) is 0. The van der Waals surface area contributed by atoms with E-state index >= 15 is 0 Å². The van der Waals surface area contributed by atoms with Crippen molar-refractivity contribution in [2.75, 3.05) is 0 Å². The number of fused-ring (bicyclic) bond motifs is 2. The zero-order chi connectivity index (χ0) is 13.4. The Morgan fingerprint density at radius 1 is 0.667 bits per heavy atom. The molecule has 103 valence electrons. The van der Waals surface area contributed by atoms with Crippen molar-refractivity contribution in [3.05, 3.63) is 84.9 Å². The summed E-state index contributed by atoms with van der Waals surface area (Å²) in [6.45, 7) is 0. The van der Waals surface area contributed by atoms with E-state index in [1.165, 1.54) is 21.5 Å². The van der Waals surface area contributed by atoms with Crippen LogP contribution >= 0.6 is 0 Å². The van der Waals surface area contributed by atoms with E-state index in [9.17, 15) is 0 Å². The maximum atomic E-state index is 3.39. The predicted molar refractivity (Wildman–Crippen MR) is 84.6 cm³/mol. The van der Waals surface area contributed by atoms with Crippen LogP contribution in [0, 0.1) is 12.1 Å². The van der Waals surface area contributed by atoms with Crippen LogP contribution in [0.15, 0.2) is 72.8 Å². The first-order valence-electron chi connectivity index (χ1n) is 6.72. The minimum absolute atomic E-state index is 0. The summed E-state index contributed by atoms with van der Waals surface area (Å²) in [6.07, 6.45) is 0. The second-order valence-corrected chi connectivity index (χ2v) is 4.92. The fraction of sp³-hybridized carbons (Fsp3) is 0. The van der Waals surface area contributed by atoms with E-state index < -0.39 is 0 Å². The number of hydrogen-bond acceptors (Lipinski definition) is 0. The molecule has 0 heterocycles. The Kier molecular flexibility index (Phi) is 3.88. The number of rotatable bonds is 1. The average Bonchev–Trinajstić information content (AvgIpc) is 2.54. The van der Waals surface area contributed by atoms with Gasteiger partial charge in [-0.3, -0.25) is 0 Å². The molecule has 0 atom stereocenters. The van der Waals surface area contributed by atoms with Gasteiger partial charge in [-0.25, -0.2) is 11.1 Å². The summed E-state index contributed by atoms with van der Waals surface area (Å²) < 4.78 is 0. The van der Waals surface area contributed by atoms with Crippen LogP contribution in [0.25, 0.3) is 32.7 Å². The first-order chi connectivity index (χ1) is 9.92. The number of benzene rings is 4. The monoisotopic (exact) mass is 445 g/mol. The van der Waals surface area contributed by atoms with Gasteiger partial charge >= 0.3 is 0 Å². The van der Waals surface area contributed by atoms with Crippen LogP contribution < -0.4 is 0 Å². The van der Waals surface area contributed by atoms with Crippen LogP contribution in [-0.4, -0.2) is 0 Å². The van der Waals surface area contributed by atoms with E-state index in [0.29, 0.717) is 0 Å². The van der Waals surface area contributed by atoms with Crippen molar-refractivity contribution in [3.8, 4) is 11.1 Å². The van der Waals surface area contributed by atoms with Crippen molar-refractivity contribution in [3.63, 3.8) is 0 Å². The van der Waals surface area contributed by atoms with E-state index in [2.05, 4.69) is 78.9 Å². The van der Waals surface area contributed by atoms with Crippen molar-refractivity contribution in [2.45, 2.75) is 0 Å². The maximum Gasteiger partial charge on any atom is 0 e. The third-order valence-corrected chi connectivity index (χ3v) is 3.67. The molecule has 21 heavy (non-hydrogen) atoms. The molecule has 0 fully saturated rings. The molecule has 0 nitrogen and oxygen atoms in total. The maximum absolute atomic E-state index is 3.39. The summed E-state index contributed by atoms with van der Waals surface area (Å²) >= 11 is 0. The van der Waals surface area contributed by atoms with Gasteiger partial charge in [0.1, 0.15) is 0 Å². The van der Waals surface area contributed by atoms with Crippen molar-refractivity contribution in [1.82, 2.24) is 0 Å². The fourth-order valence-electron chi connectivity index (χ4n) is 2.66. The topological polar surface area (TPSA) is 0 Å². The van der Waals surface area contributed by atoms with E-state index in [1.54, 1.807) is 0 Å². The van der Waals surface area contributed by atoms with E-state index in [-0.39, 0.29) is 20.1 Å². The summed E-state index contributed by atoms with van der Waals surface area (Å²) in [5.41, 5.74) is 2.22. The van der Waals surface area contributed by atoms with Gasteiger partial charge in [0.25, 0.3) is 0 Å². The molecule has 0 aliphatic heterocycles. The largest absolute Gasteiger partial charge is 0.225 e. The normalized spacial score (nSPS) is 10.5.